The quantitative estimate of drug-likeness (QED) is 0.658. The second-order valence-electron chi connectivity index (χ2n) is 4.93. The highest BCUT2D eigenvalue weighted by atomic mass is 32.1. The molecule has 0 saturated carbocycles. The van der Waals surface area contributed by atoms with Gasteiger partial charge in [-0.25, -0.2) is 4.98 Å². The fourth-order valence-corrected chi connectivity index (χ4v) is 2.75. The van der Waals surface area contributed by atoms with Crippen LogP contribution in [0.25, 0.3) is 0 Å². The van der Waals surface area contributed by atoms with Crippen LogP contribution in [0.2, 0.25) is 0 Å². The Bertz CT molecular complexity index is 602. The minimum absolute atomic E-state index is 0.0759. The van der Waals surface area contributed by atoms with Crippen LogP contribution in [-0.2, 0) is 6.42 Å². The number of nitrogens with zero attached hydrogens (tertiary/aromatic N) is 2. The van der Waals surface area contributed by atoms with Crippen molar-refractivity contribution in [2.75, 3.05) is 13.6 Å². The zero-order valence-corrected chi connectivity index (χ0v) is 13.8. The number of aliphatic imine (C=N–C) groups is 1. The maximum Gasteiger partial charge on any atom is 0.191 e. The van der Waals surface area contributed by atoms with Crippen molar-refractivity contribution in [3.63, 3.8) is 0 Å². The van der Waals surface area contributed by atoms with Gasteiger partial charge in [0.2, 0.25) is 0 Å². The van der Waals surface area contributed by atoms with Crippen LogP contribution >= 0.6 is 11.3 Å². The van der Waals surface area contributed by atoms with Crippen LogP contribution in [0.3, 0.4) is 0 Å². The normalized spacial score (nSPS) is 13.2. The summed E-state index contributed by atoms with van der Waals surface area (Å²) in [5.41, 5.74) is 0. The molecule has 2 N–H and O–H groups in total. The van der Waals surface area contributed by atoms with E-state index in [4.69, 9.17) is 4.42 Å². The maximum atomic E-state index is 5.61. The minimum atomic E-state index is 0.0759. The first-order chi connectivity index (χ1) is 10.1. The van der Waals surface area contributed by atoms with Gasteiger partial charge in [-0.3, -0.25) is 4.99 Å². The molecule has 2 heterocycles. The number of rotatable bonds is 5. The van der Waals surface area contributed by atoms with Crippen LogP contribution < -0.4 is 10.6 Å². The number of aromatic nitrogens is 1. The van der Waals surface area contributed by atoms with E-state index in [2.05, 4.69) is 34.5 Å². The summed E-state index contributed by atoms with van der Waals surface area (Å²) in [6.07, 6.45) is 2.81. The first-order valence-electron chi connectivity index (χ1n) is 7.03. The molecule has 114 valence electrons. The van der Waals surface area contributed by atoms with Crippen LogP contribution in [0, 0.1) is 13.8 Å². The summed E-state index contributed by atoms with van der Waals surface area (Å²) < 4.78 is 5.61. The Morgan fingerprint density at radius 1 is 1.43 bits per heavy atom. The van der Waals surface area contributed by atoms with E-state index in [1.165, 1.54) is 4.88 Å². The summed E-state index contributed by atoms with van der Waals surface area (Å²) in [4.78, 5) is 9.83. The molecule has 0 amide bonds. The molecule has 0 aliphatic heterocycles. The van der Waals surface area contributed by atoms with Crippen molar-refractivity contribution in [1.29, 1.82) is 0 Å². The summed E-state index contributed by atoms with van der Waals surface area (Å²) in [5.74, 6) is 2.59. The zero-order valence-electron chi connectivity index (χ0n) is 12.9. The van der Waals surface area contributed by atoms with E-state index in [0.717, 1.165) is 35.5 Å². The maximum absolute atomic E-state index is 5.61. The summed E-state index contributed by atoms with van der Waals surface area (Å²) >= 11 is 1.73. The Morgan fingerprint density at radius 2 is 2.24 bits per heavy atom. The van der Waals surface area contributed by atoms with E-state index < -0.39 is 0 Å². The Morgan fingerprint density at radius 3 is 2.81 bits per heavy atom. The lowest BCUT2D eigenvalue weighted by molar-refractivity contribution is 0.441. The van der Waals surface area contributed by atoms with Crippen LogP contribution in [0.4, 0.5) is 0 Å². The van der Waals surface area contributed by atoms with Gasteiger partial charge in [-0.05, 0) is 32.9 Å². The van der Waals surface area contributed by atoms with Crippen LogP contribution in [0.15, 0.2) is 27.7 Å². The highest BCUT2D eigenvalue weighted by Gasteiger charge is 2.11. The molecular weight excluding hydrogens is 284 g/mol. The van der Waals surface area contributed by atoms with Crippen LogP contribution in [-0.4, -0.2) is 24.5 Å². The van der Waals surface area contributed by atoms with Gasteiger partial charge in [0, 0.05) is 31.1 Å². The number of furan rings is 1. The predicted octanol–water partition coefficient (Wildman–Crippen LogP) is 2.82. The van der Waals surface area contributed by atoms with Crippen molar-refractivity contribution in [2.24, 2.45) is 4.99 Å². The lowest BCUT2D eigenvalue weighted by atomic mass is 10.2. The fourth-order valence-electron chi connectivity index (χ4n) is 1.96. The molecule has 6 heteroatoms. The van der Waals surface area contributed by atoms with Gasteiger partial charge in [0.05, 0.1) is 11.0 Å². The summed E-state index contributed by atoms with van der Waals surface area (Å²) in [7, 11) is 1.77. The lowest BCUT2D eigenvalue weighted by Crippen LogP contribution is -2.39. The molecule has 0 fully saturated rings. The molecular formula is C15H22N4OS. The smallest absolute Gasteiger partial charge is 0.191 e. The van der Waals surface area contributed by atoms with Crippen molar-refractivity contribution in [3.8, 4) is 0 Å². The molecule has 0 aliphatic rings. The lowest BCUT2D eigenvalue weighted by Gasteiger charge is -2.16. The van der Waals surface area contributed by atoms with E-state index in [9.17, 15) is 0 Å². The monoisotopic (exact) mass is 306 g/mol. The van der Waals surface area contributed by atoms with Gasteiger partial charge < -0.3 is 15.1 Å². The van der Waals surface area contributed by atoms with Crippen molar-refractivity contribution in [2.45, 2.75) is 33.2 Å². The Kier molecular flexibility index (Phi) is 5.38. The second-order valence-corrected chi connectivity index (χ2v) is 6.25. The third kappa shape index (κ3) is 4.60. The number of nitrogens with one attached hydrogen (secondary N) is 2. The Labute approximate surface area is 129 Å². The van der Waals surface area contributed by atoms with Gasteiger partial charge in [-0.15, -0.1) is 11.3 Å². The minimum Gasteiger partial charge on any atom is -0.464 e. The predicted molar refractivity (Wildman–Crippen MR) is 86.9 cm³/mol. The SMILES string of the molecule is CN=C(NCCc1ncc(C)s1)N[C@H](C)c1ccc(C)o1. The third-order valence-electron chi connectivity index (χ3n) is 3.07. The van der Waals surface area contributed by atoms with E-state index in [0.29, 0.717) is 0 Å². The molecule has 0 saturated heterocycles. The molecule has 0 aromatic carbocycles. The van der Waals surface area contributed by atoms with Gasteiger partial charge in [0.15, 0.2) is 5.96 Å². The Hall–Kier alpha value is -1.82. The molecule has 0 aliphatic carbocycles. The highest BCUT2D eigenvalue weighted by Crippen LogP contribution is 2.15. The molecule has 2 rings (SSSR count). The van der Waals surface area contributed by atoms with E-state index in [-0.39, 0.29) is 6.04 Å². The highest BCUT2D eigenvalue weighted by molar-refractivity contribution is 7.11. The first kappa shape index (κ1) is 15.6. The van der Waals surface area contributed by atoms with Gasteiger partial charge >= 0.3 is 0 Å². The van der Waals surface area contributed by atoms with Crippen molar-refractivity contribution in [1.82, 2.24) is 15.6 Å². The standard InChI is InChI=1S/C15H22N4OS/c1-10-5-6-13(20-10)12(3)19-15(16-4)17-8-7-14-18-9-11(2)21-14/h5-6,9,12H,7-8H2,1-4H3,(H2,16,17,19)/t12-/m1/s1. The van der Waals surface area contributed by atoms with Gasteiger partial charge in [-0.1, -0.05) is 0 Å². The molecule has 1 atom stereocenters. The molecule has 21 heavy (non-hydrogen) atoms. The molecule has 2 aromatic heterocycles. The van der Waals surface area contributed by atoms with E-state index >= 15 is 0 Å². The summed E-state index contributed by atoms with van der Waals surface area (Å²) in [6.45, 7) is 6.87. The third-order valence-corrected chi connectivity index (χ3v) is 4.04. The number of hydrogen-bond donors (Lipinski definition) is 2. The summed E-state index contributed by atoms with van der Waals surface area (Å²) in [6, 6.07) is 4.03. The fraction of sp³-hybridized carbons (Fsp3) is 0.467. The van der Waals surface area contributed by atoms with Crippen molar-refractivity contribution >= 4 is 17.3 Å². The number of guanidine groups is 1. The van der Waals surface area contributed by atoms with Gasteiger partial charge in [0.25, 0.3) is 0 Å². The zero-order chi connectivity index (χ0) is 15.2. The summed E-state index contributed by atoms with van der Waals surface area (Å²) in [5, 5.41) is 7.76. The first-order valence-corrected chi connectivity index (χ1v) is 7.85. The van der Waals surface area contributed by atoms with E-state index in [1.54, 1.807) is 18.4 Å². The number of aryl methyl sites for hydroxylation is 2. The van der Waals surface area contributed by atoms with Gasteiger partial charge in [0.1, 0.15) is 11.5 Å². The molecule has 5 nitrogen and oxygen atoms in total. The number of hydrogen-bond acceptors (Lipinski definition) is 4. The molecule has 0 spiro atoms. The molecule has 0 unspecified atom stereocenters. The molecule has 2 aromatic rings. The van der Waals surface area contributed by atoms with Crippen molar-refractivity contribution < 1.29 is 4.42 Å². The average molecular weight is 306 g/mol. The molecule has 0 radical (unpaired) electrons. The Balaban J connectivity index is 1.80. The average Bonchev–Trinajstić information content (AvgIpc) is 3.06. The van der Waals surface area contributed by atoms with Crippen LogP contribution in [0.5, 0.6) is 0 Å². The topological polar surface area (TPSA) is 62.5 Å². The van der Waals surface area contributed by atoms with E-state index in [1.807, 2.05) is 25.3 Å². The van der Waals surface area contributed by atoms with Gasteiger partial charge in [-0.2, -0.15) is 0 Å². The van der Waals surface area contributed by atoms with Crippen molar-refractivity contribution in [3.05, 3.63) is 39.7 Å². The second kappa shape index (κ2) is 7.26. The largest absolute Gasteiger partial charge is 0.464 e. The van der Waals surface area contributed by atoms with Crippen LogP contribution in [0.1, 0.15) is 34.4 Å². The molecule has 0 bridgehead atoms. The number of thiazole rings is 1.